The van der Waals surface area contributed by atoms with Crippen molar-refractivity contribution in [3.8, 4) is 0 Å². The van der Waals surface area contributed by atoms with Crippen molar-refractivity contribution in [2.75, 3.05) is 0 Å². The minimum Gasteiger partial charge on any atom is -0.323 e. The molecular formula is C5H8N2O6P2S. The van der Waals surface area contributed by atoms with E-state index in [4.69, 9.17) is 19.6 Å². The van der Waals surface area contributed by atoms with Gasteiger partial charge in [0.25, 0.3) is 0 Å². The number of hydrogen-bond acceptors (Lipinski definition) is 5. The highest BCUT2D eigenvalue weighted by atomic mass is 32.2. The van der Waals surface area contributed by atoms with E-state index in [1.54, 1.807) is 0 Å². The van der Waals surface area contributed by atoms with Gasteiger partial charge in [-0.1, -0.05) is 11.8 Å². The molecule has 0 aromatic carbocycles. The number of hydrogen-bond donors (Lipinski definition) is 4. The second-order valence-corrected chi connectivity index (χ2v) is 8.22. The molecular weight excluding hydrogens is 278 g/mol. The Morgan fingerprint density at radius 3 is 1.88 bits per heavy atom. The molecule has 0 bridgehead atoms. The Morgan fingerprint density at radius 1 is 1.06 bits per heavy atom. The summed E-state index contributed by atoms with van der Waals surface area (Å²) in [5.41, 5.74) is 0. The molecule has 0 aliphatic rings. The summed E-state index contributed by atoms with van der Waals surface area (Å²) in [6.45, 7) is 0. The highest BCUT2D eigenvalue weighted by molar-refractivity contribution is 8.12. The molecule has 0 atom stereocenters. The molecule has 0 radical (unpaired) electrons. The van der Waals surface area contributed by atoms with E-state index in [0.29, 0.717) is 0 Å². The van der Waals surface area contributed by atoms with Crippen molar-refractivity contribution in [3.63, 3.8) is 0 Å². The van der Waals surface area contributed by atoms with Gasteiger partial charge >= 0.3 is 15.2 Å². The van der Waals surface area contributed by atoms with Crippen molar-refractivity contribution < 1.29 is 28.7 Å². The van der Waals surface area contributed by atoms with Gasteiger partial charge in [0.15, 0.2) is 5.16 Å². The molecule has 0 fully saturated rings. The van der Waals surface area contributed by atoms with E-state index in [1.165, 1.54) is 18.5 Å². The van der Waals surface area contributed by atoms with Gasteiger partial charge in [-0.05, 0) is 6.07 Å². The zero-order chi connectivity index (χ0) is 12.4. The van der Waals surface area contributed by atoms with Crippen LogP contribution in [-0.4, -0.2) is 34.3 Å². The smallest absolute Gasteiger partial charge is 0.323 e. The van der Waals surface area contributed by atoms with Gasteiger partial charge in [0.2, 0.25) is 4.73 Å². The quantitative estimate of drug-likeness (QED) is 0.347. The Hall–Kier alpha value is -0.270. The lowest BCUT2D eigenvalue weighted by molar-refractivity contribution is 0.352. The summed E-state index contributed by atoms with van der Waals surface area (Å²) in [5.74, 6) is 0. The van der Waals surface area contributed by atoms with Crippen molar-refractivity contribution in [2.24, 2.45) is 0 Å². The second kappa shape index (κ2) is 4.93. The maximum atomic E-state index is 10.9. The van der Waals surface area contributed by atoms with Crippen LogP contribution >= 0.6 is 27.0 Å². The largest absolute Gasteiger partial charge is 0.351 e. The molecule has 11 heteroatoms. The molecule has 8 nitrogen and oxygen atoms in total. The first-order valence-corrected chi connectivity index (χ1v) is 7.99. The fourth-order valence-electron chi connectivity index (χ4n) is 0.774. The fourth-order valence-corrected chi connectivity index (χ4v) is 4.44. The first-order chi connectivity index (χ1) is 7.21. The third-order valence-electron chi connectivity index (χ3n) is 1.33. The predicted octanol–water partition coefficient (Wildman–Crippen LogP) is 0.208. The van der Waals surface area contributed by atoms with Crippen LogP contribution < -0.4 is 0 Å². The van der Waals surface area contributed by atoms with Crippen LogP contribution in [-0.2, 0) is 9.13 Å². The van der Waals surface area contributed by atoms with E-state index >= 15 is 0 Å². The summed E-state index contributed by atoms with van der Waals surface area (Å²) in [6.07, 6.45) is 2.59. The summed E-state index contributed by atoms with van der Waals surface area (Å²) in [7, 11) is -9.89. The van der Waals surface area contributed by atoms with Gasteiger partial charge < -0.3 is 19.6 Å². The van der Waals surface area contributed by atoms with Crippen molar-refractivity contribution in [3.05, 3.63) is 18.5 Å². The monoisotopic (exact) mass is 286 g/mol. The normalized spacial score (nSPS) is 13.1. The van der Waals surface area contributed by atoms with E-state index in [2.05, 4.69) is 9.97 Å². The molecule has 0 spiro atoms. The summed E-state index contributed by atoms with van der Waals surface area (Å²) >= 11 is 0.254. The van der Waals surface area contributed by atoms with Crippen LogP contribution in [0.5, 0.6) is 0 Å². The van der Waals surface area contributed by atoms with Crippen LogP contribution in [0.25, 0.3) is 0 Å². The Kier molecular flexibility index (Phi) is 4.25. The van der Waals surface area contributed by atoms with Crippen LogP contribution in [0.3, 0.4) is 0 Å². The summed E-state index contributed by atoms with van der Waals surface area (Å²) in [4.78, 5) is 42.5. The minimum atomic E-state index is -4.94. The highest BCUT2D eigenvalue weighted by Crippen LogP contribution is 2.65. The van der Waals surface area contributed by atoms with Gasteiger partial charge in [0.1, 0.15) is 0 Å². The van der Waals surface area contributed by atoms with Gasteiger partial charge in [-0.3, -0.25) is 9.13 Å². The zero-order valence-electron chi connectivity index (χ0n) is 7.61. The van der Waals surface area contributed by atoms with Gasteiger partial charge in [0.05, 0.1) is 0 Å². The molecule has 1 heterocycles. The minimum absolute atomic E-state index is 0.112. The average Bonchev–Trinajstić information content (AvgIpc) is 2.12. The molecule has 0 amide bonds. The molecule has 90 valence electrons. The standard InChI is InChI=1S/C5H8N2O6P2S/c8-14(9,10)5(15(11,12)13)16-4-6-2-1-3-7-4/h1-3,5H,(H2,8,9,10)(H2,11,12,13). The Balaban J connectivity index is 2.99. The first-order valence-electron chi connectivity index (χ1n) is 3.75. The lowest BCUT2D eigenvalue weighted by Gasteiger charge is -2.17. The molecule has 1 aromatic heterocycles. The lowest BCUT2D eigenvalue weighted by atomic mass is 10.7. The van der Waals surface area contributed by atoms with E-state index in [9.17, 15) is 9.13 Å². The number of nitrogens with zero attached hydrogens (tertiary/aromatic N) is 2. The Labute approximate surface area is 94.5 Å². The van der Waals surface area contributed by atoms with Crippen molar-refractivity contribution in [1.29, 1.82) is 0 Å². The first kappa shape index (κ1) is 13.8. The topological polar surface area (TPSA) is 141 Å². The predicted molar refractivity (Wildman–Crippen MR) is 55.8 cm³/mol. The molecule has 0 aliphatic heterocycles. The van der Waals surface area contributed by atoms with E-state index in [1.807, 2.05) is 0 Å². The van der Waals surface area contributed by atoms with Crippen molar-refractivity contribution in [1.82, 2.24) is 9.97 Å². The van der Waals surface area contributed by atoms with Gasteiger partial charge in [0, 0.05) is 12.4 Å². The average molecular weight is 286 g/mol. The van der Waals surface area contributed by atoms with Crippen molar-refractivity contribution in [2.45, 2.75) is 9.89 Å². The summed E-state index contributed by atoms with van der Waals surface area (Å²) < 4.78 is 19.6. The van der Waals surface area contributed by atoms with Gasteiger partial charge in [-0.2, -0.15) is 0 Å². The van der Waals surface area contributed by atoms with Gasteiger partial charge in [-0.15, -0.1) is 0 Å². The van der Waals surface area contributed by atoms with E-state index < -0.39 is 19.9 Å². The second-order valence-electron chi connectivity index (χ2n) is 2.65. The summed E-state index contributed by atoms with van der Waals surface area (Å²) in [6, 6.07) is 1.47. The van der Waals surface area contributed by atoms with E-state index in [-0.39, 0.29) is 16.9 Å². The lowest BCUT2D eigenvalue weighted by Crippen LogP contribution is -2.05. The Bertz CT molecular complexity index is 421. The zero-order valence-corrected chi connectivity index (χ0v) is 10.2. The molecule has 1 rings (SSSR count). The molecule has 0 unspecified atom stereocenters. The molecule has 1 aromatic rings. The summed E-state index contributed by atoms with van der Waals surface area (Å²) in [5, 5.41) is -0.112. The maximum absolute atomic E-state index is 10.9. The molecule has 0 aliphatic carbocycles. The third-order valence-corrected chi connectivity index (χ3v) is 7.20. The number of aromatic nitrogens is 2. The molecule has 16 heavy (non-hydrogen) atoms. The highest BCUT2D eigenvalue weighted by Gasteiger charge is 2.44. The van der Waals surface area contributed by atoms with Crippen LogP contribution in [0.2, 0.25) is 0 Å². The molecule has 0 saturated carbocycles. The number of rotatable bonds is 4. The van der Waals surface area contributed by atoms with Crippen LogP contribution in [0, 0.1) is 0 Å². The SMILES string of the molecule is O=P(O)(O)C(Sc1ncccn1)P(=O)(O)O. The van der Waals surface area contributed by atoms with Crippen LogP contribution in [0.4, 0.5) is 0 Å². The van der Waals surface area contributed by atoms with E-state index in [0.717, 1.165) is 0 Å². The van der Waals surface area contributed by atoms with Crippen molar-refractivity contribution >= 4 is 27.0 Å². The maximum Gasteiger partial charge on any atom is 0.351 e. The molecule has 0 saturated heterocycles. The van der Waals surface area contributed by atoms with Crippen LogP contribution in [0.15, 0.2) is 23.6 Å². The third kappa shape index (κ3) is 3.95. The number of thioether (sulfide) groups is 1. The van der Waals surface area contributed by atoms with Crippen LogP contribution in [0.1, 0.15) is 0 Å². The Morgan fingerprint density at radius 2 is 1.50 bits per heavy atom. The fraction of sp³-hybridized carbons (Fsp3) is 0.200. The molecule has 4 N–H and O–H groups in total. The van der Waals surface area contributed by atoms with Gasteiger partial charge in [-0.25, -0.2) is 9.97 Å².